The van der Waals surface area contributed by atoms with Crippen LogP contribution in [0.1, 0.15) is 20.3 Å². The van der Waals surface area contributed by atoms with Crippen molar-refractivity contribution in [1.82, 2.24) is 0 Å². The molecule has 0 radical (unpaired) electrons. The molecule has 0 aromatic carbocycles. The van der Waals surface area contributed by atoms with Crippen molar-refractivity contribution in [1.29, 1.82) is 0 Å². The number of rotatable bonds is 2. The van der Waals surface area contributed by atoms with Crippen LogP contribution in [0.2, 0.25) is 0 Å². The van der Waals surface area contributed by atoms with Crippen molar-refractivity contribution in [3.8, 4) is 0 Å². The third kappa shape index (κ3) is 5.88. The van der Waals surface area contributed by atoms with E-state index in [1.54, 1.807) is 13.8 Å². The first-order valence-electron chi connectivity index (χ1n) is 2.67. The van der Waals surface area contributed by atoms with E-state index >= 15 is 0 Å². The number of hydrogen-bond donors (Lipinski definition) is 3. The molecule has 3 nitrogen and oxygen atoms in total. The van der Waals surface area contributed by atoms with Crippen LogP contribution in [-0.2, 0) is 0 Å². The second-order valence-corrected chi connectivity index (χ2v) is 2.56. The maximum Gasteiger partial charge on any atom is 0.0632 e. The summed E-state index contributed by atoms with van der Waals surface area (Å²) in [6, 6.07) is 0. The molecule has 0 aromatic heterocycles. The maximum atomic E-state index is 8.73. The second-order valence-electron chi connectivity index (χ2n) is 2.56. The Balaban J connectivity index is 3.39. The Morgan fingerprint density at radius 1 is 1.62 bits per heavy atom. The lowest BCUT2D eigenvalue weighted by atomic mass is 10.1. The van der Waals surface area contributed by atoms with Gasteiger partial charge in [0.2, 0.25) is 0 Å². The van der Waals surface area contributed by atoms with Crippen molar-refractivity contribution in [2.24, 2.45) is 11.5 Å². The summed E-state index contributed by atoms with van der Waals surface area (Å²) in [5.41, 5.74) is 9.98. The lowest BCUT2D eigenvalue weighted by molar-refractivity contribution is 0.155. The van der Waals surface area contributed by atoms with Crippen molar-refractivity contribution in [2.75, 3.05) is 0 Å². The summed E-state index contributed by atoms with van der Waals surface area (Å²) in [7, 11) is 0. The first kappa shape index (κ1) is 7.88. The van der Waals surface area contributed by atoms with E-state index in [9.17, 15) is 0 Å². The van der Waals surface area contributed by atoms with Crippen molar-refractivity contribution in [3.05, 3.63) is 0 Å². The molecule has 0 amide bonds. The molecule has 0 aliphatic heterocycles. The summed E-state index contributed by atoms with van der Waals surface area (Å²) in [4.78, 5) is 0. The molecule has 1 unspecified atom stereocenters. The fourth-order valence-electron chi connectivity index (χ4n) is 0.637. The van der Waals surface area contributed by atoms with Gasteiger partial charge in [0, 0.05) is 6.42 Å². The molecule has 5 N–H and O–H groups in total. The van der Waals surface area contributed by atoms with Crippen molar-refractivity contribution in [3.63, 3.8) is 0 Å². The molecule has 0 rings (SSSR count). The quantitative estimate of drug-likeness (QED) is 0.423. The smallest absolute Gasteiger partial charge is 0.0632 e. The van der Waals surface area contributed by atoms with Crippen LogP contribution in [0.15, 0.2) is 0 Å². The van der Waals surface area contributed by atoms with Crippen LogP contribution in [0.4, 0.5) is 0 Å². The van der Waals surface area contributed by atoms with Crippen LogP contribution in [0.3, 0.4) is 0 Å². The number of hydrogen-bond acceptors (Lipinski definition) is 3. The molecule has 1 atom stereocenters. The van der Waals surface area contributed by atoms with Gasteiger partial charge in [-0.2, -0.15) is 0 Å². The highest BCUT2D eigenvalue weighted by atomic mass is 16.3. The van der Waals surface area contributed by atoms with E-state index in [1.165, 1.54) is 0 Å². The largest absolute Gasteiger partial charge is 0.393 e. The molecule has 0 aromatic rings. The van der Waals surface area contributed by atoms with Crippen LogP contribution < -0.4 is 11.5 Å². The highest BCUT2D eigenvalue weighted by molar-refractivity contribution is 4.71. The zero-order valence-corrected chi connectivity index (χ0v) is 5.39. The summed E-state index contributed by atoms with van der Waals surface area (Å²) in [6.07, 6.45) is 0.0301. The van der Waals surface area contributed by atoms with Gasteiger partial charge in [0.15, 0.2) is 0 Å². The van der Waals surface area contributed by atoms with Gasteiger partial charge >= 0.3 is 0 Å². The molecule has 0 heterocycles. The minimum absolute atomic E-state index is 0.407. The van der Waals surface area contributed by atoms with Crippen LogP contribution in [0.25, 0.3) is 0 Å². The Morgan fingerprint density at radius 2 is 2.00 bits per heavy atom. The number of aliphatic hydroxyl groups excluding tert-OH is 1. The minimum Gasteiger partial charge on any atom is -0.393 e. The molecule has 0 aliphatic carbocycles. The molecule has 0 saturated heterocycles. The van der Waals surface area contributed by atoms with E-state index in [0.29, 0.717) is 6.42 Å². The summed E-state index contributed by atoms with van der Waals surface area (Å²) >= 11 is 0. The Hall–Kier alpha value is -0.120. The molecule has 50 valence electrons. The summed E-state index contributed by atoms with van der Waals surface area (Å²) in [6.45, 7) is 3.34. The van der Waals surface area contributed by atoms with Crippen LogP contribution in [0, 0.1) is 0 Å². The van der Waals surface area contributed by atoms with Crippen molar-refractivity contribution in [2.45, 2.75) is 32.0 Å². The lowest BCUT2D eigenvalue weighted by Gasteiger charge is -2.19. The topological polar surface area (TPSA) is 72.3 Å². The Bertz CT molecular complexity index is 65.3. The number of aliphatic hydroxyl groups is 1. The highest BCUT2D eigenvalue weighted by Crippen LogP contribution is 1.99. The van der Waals surface area contributed by atoms with Crippen LogP contribution in [-0.4, -0.2) is 16.9 Å². The predicted molar refractivity (Wildman–Crippen MR) is 33.1 cm³/mol. The molecule has 0 saturated carbocycles. The first-order valence-corrected chi connectivity index (χ1v) is 2.67. The van der Waals surface area contributed by atoms with Gasteiger partial charge in [-0.3, -0.25) is 0 Å². The van der Waals surface area contributed by atoms with Gasteiger partial charge in [-0.05, 0) is 13.8 Å². The van der Waals surface area contributed by atoms with Gasteiger partial charge in [0.05, 0.1) is 11.8 Å². The fraction of sp³-hybridized carbons (Fsp3) is 1.00. The summed E-state index contributed by atoms with van der Waals surface area (Å²) in [5.74, 6) is 0. The molecule has 8 heavy (non-hydrogen) atoms. The third-order valence-electron chi connectivity index (χ3n) is 0.735. The molecule has 3 heteroatoms. The molecule has 0 bridgehead atoms. The normalized spacial score (nSPS) is 16.1. The monoisotopic (exact) mass is 118 g/mol. The molecular formula is C5H14N2O. The minimum atomic E-state index is -0.728. The lowest BCUT2D eigenvalue weighted by Crippen LogP contribution is -2.48. The SMILES string of the molecule is CC(O)CC(C)(N)N. The predicted octanol–water partition coefficient (Wildman–Crippen LogP) is -0.609. The summed E-state index contributed by atoms with van der Waals surface area (Å²) < 4.78 is 0. The maximum absolute atomic E-state index is 8.73. The summed E-state index contributed by atoms with van der Waals surface area (Å²) in [5, 5.41) is 8.73. The van der Waals surface area contributed by atoms with Gasteiger partial charge in [-0.1, -0.05) is 0 Å². The molecule has 0 fully saturated rings. The van der Waals surface area contributed by atoms with E-state index in [2.05, 4.69) is 0 Å². The Kier molecular flexibility index (Phi) is 2.40. The van der Waals surface area contributed by atoms with Gasteiger partial charge in [0.1, 0.15) is 0 Å². The molecule has 0 aliphatic rings. The van der Waals surface area contributed by atoms with Gasteiger partial charge in [0.25, 0.3) is 0 Å². The number of nitrogens with two attached hydrogens (primary N) is 2. The van der Waals surface area contributed by atoms with E-state index in [-0.39, 0.29) is 0 Å². The van der Waals surface area contributed by atoms with Gasteiger partial charge in [-0.25, -0.2) is 0 Å². The van der Waals surface area contributed by atoms with Crippen molar-refractivity contribution >= 4 is 0 Å². The first-order chi connectivity index (χ1) is 3.42. The van der Waals surface area contributed by atoms with Gasteiger partial charge < -0.3 is 16.6 Å². The zero-order chi connectivity index (χ0) is 6.78. The third-order valence-corrected chi connectivity index (χ3v) is 0.735. The van der Waals surface area contributed by atoms with Crippen molar-refractivity contribution < 1.29 is 5.11 Å². The van der Waals surface area contributed by atoms with Crippen LogP contribution >= 0.6 is 0 Å². The zero-order valence-electron chi connectivity index (χ0n) is 5.39. The standard InChI is InChI=1S/C5H14N2O/c1-4(8)3-5(2,6)7/h4,8H,3,6-7H2,1-2H3. The molecule has 0 spiro atoms. The van der Waals surface area contributed by atoms with Gasteiger partial charge in [-0.15, -0.1) is 0 Å². The average Bonchev–Trinajstić information content (AvgIpc) is 1.21. The van der Waals surface area contributed by atoms with Crippen LogP contribution in [0.5, 0.6) is 0 Å². The highest BCUT2D eigenvalue weighted by Gasteiger charge is 2.13. The van der Waals surface area contributed by atoms with E-state index in [1.807, 2.05) is 0 Å². The second kappa shape index (κ2) is 2.44. The Labute approximate surface area is 49.7 Å². The van der Waals surface area contributed by atoms with E-state index in [0.717, 1.165) is 0 Å². The fourth-order valence-corrected chi connectivity index (χ4v) is 0.637. The Morgan fingerprint density at radius 3 is 2.00 bits per heavy atom. The van der Waals surface area contributed by atoms with E-state index < -0.39 is 11.8 Å². The molecular weight excluding hydrogens is 104 g/mol. The van der Waals surface area contributed by atoms with E-state index in [4.69, 9.17) is 16.6 Å². The average molecular weight is 118 g/mol.